The van der Waals surface area contributed by atoms with Crippen LogP contribution >= 0.6 is 0 Å². The van der Waals surface area contributed by atoms with Crippen LogP contribution in [0.25, 0.3) is 33.4 Å². The largest absolute Gasteiger partial charge is 0.310 e. The Labute approximate surface area is 334 Å². The molecular weight excluding hydrogens is 689 g/mol. The minimum Gasteiger partial charge on any atom is -0.310 e. The fourth-order valence-electron chi connectivity index (χ4n) is 9.50. The second-order valence-electron chi connectivity index (χ2n) is 14.9. The highest BCUT2D eigenvalue weighted by Gasteiger charge is 2.51. The number of hydrogen-bond acceptors (Lipinski definition) is 2. The molecule has 1 aliphatic carbocycles. The lowest BCUT2D eigenvalue weighted by Gasteiger charge is -2.45. The average molecular weight is 727 g/mol. The van der Waals surface area contributed by atoms with Crippen LogP contribution in [0.1, 0.15) is 22.3 Å². The predicted octanol–water partition coefficient (Wildman–Crippen LogP) is 14.6. The molecule has 0 N–H and O–H groups in total. The molecule has 0 atom stereocenters. The number of anilines is 6. The lowest BCUT2D eigenvalue weighted by Crippen LogP contribution is -2.36. The van der Waals surface area contributed by atoms with Crippen molar-refractivity contribution in [2.45, 2.75) is 5.41 Å². The van der Waals surface area contributed by atoms with Gasteiger partial charge in [-0.15, -0.1) is 0 Å². The zero-order chi connectivity index (χ0) is 37.8. The molecule has 0 radical (unpaired) electrons. The van der Waals surface area contributed by atoms with E-state index in [1.807, 2.05) is 0 Å². The highest BCUT2D eigenvalue weighted by Crippen LogP contribution is 2.64. The van der Waals surface area contributed by atoms with Gasteiger partial charge < -0.3 is 9.80 Å². The smallest absolute Gasteiger partial charge is 0.0755 e. The standard InChI is InChI=1S/C55H38N2/c1-4-19-39(20-5-1)40-21-18-22-41(37-40)45-27-11-15-32-52(45)56(42-23-6-2-7-24-42)44-35-36-47-46-28-10-12-29-48(46)55(51(47)38-44)49-30-13-16-33-53(49)57(43-25-8-3-9-26-43)54-34-17-14-31-50(54)55/h1-38H. The summed E-state index contributed by atoms with van der Waals surface area (Å²) in [6.45, 7) is 0. The number of rotatable bonds is 6. The second-order valence-corrected chi connectivity index (χ2v) is 14.9. The van der Waals surface area contributed by atoms with E-state index in [0.717, 1.165) is 22.7 Å². The van der Waals surface area contributed by atoms with E-state index in [1.165, 1.54) is 67.0 Å². The van der Waals surface area contributed by atoms with E-state index in [0.29, 0.717) is 0 Å². The van der Waals surface area contributed by atoms with Gasteiger partial charge in [-0.05, 0) is 111 Å². The molecule has 2 aliphatic rings. The van der Waals surface area contributed by atoms with Crippen molar-refractivity contribution in [1.82, 2.24) is 0 Å². The monoisotopic (exact) mass is 726 g/mol. The molecule has 57 heavy (non-hydrogen) atoms. The predicted molar refractivity (Wildman–Crippen MR) is 238 cm³/mol. The van der Waals surface area contributed by atoms with E-state index in [4.69, 9.17) is 0 Å². The van der Waals surface area contributed by atoms with Crippen LogP contribution in [0.5, 0.6) is 0 Å². The molecule has 0 saturated carbocycles. The van der Waals surface area contributed by atoms with Crippen LogP contribution in [-0.4, -0.2) is 0 Å². The van der Waals surface area contributed by atoms with Crippen LogP contribution in [0.2, 0.25) is 0 Å². The van der Waals surface area contributed by atoms with E-state index in [9.17, 15) is 0 Å². The topological polar surface area (TPSA) is 6.48 Å². The van der Waals surface area contributed by atoms with Crippen molar-refractivity contribution in [2.24, 2.45) is 0 Å². The summed E-state index contributed by atoms with van der Waals surface area (Å²) in [7, 11) is 0. The highest BCUT2D eigenvalue weighted by atomic mass is 15.2. The number of benzene rings is 9. The Hall–Kier alpha value is -7.42. The average Bonchev–Trinajstić information content (AvgIpc) is 3.58. The van der Waals surface area contributed by atoms with Crippen molar-refractivity contribution in [3.8, 4) is 33.4 Å². The third-order valence-electron chi connectivity index (χ3n) is 11.8. The molecular formula is C55H38N2. The Morgan fingerprint density at radius 1 is 0.316 bits per heavy atom. The molecule has 1 aliphatic heterocycles. The Balaban J connectivity index is 1.16. The minimum absolute atomic E-state index is 0.549. The molecule has 0 fully saturated rings. The molecule has 9 aromatic carbocycles. The van der Waals surface area contributed by atoms with Crippen molar-refractivity contribution in [1.29, 1.82) is 0 Å². The molecule has 2 nitrogen and oxygen atoms in total. The summed E-state index contributed by atoms with van der Waals surface area (Å²) in [5.74, 6) is 0. The normalized spacial score (nSPS) is 13.0. The first kappa shape index (κ1) is 33.0. The third kappa shape index (κ3) is 5.11. The Morgan fingerprint density at radius 2 is 0.842 bits per heavy atom. The summed E-state index contributed by atoms with van der Waals surface area (Å²) in [6, 6.07) is 84.2. The summed E-state index contributed by atoms with van der Waals surface area (Å²) >= 11 is 0. The van der Waals surface area contributed by atoms with Crippen molar-refractivity contribution in [3.05, 3.63) is 253 Å². The second kappa shape index (κ2) is 13.4. The SMILES string of the molecule is c1ccc(-c2cccc(-c3ccccc3N(c3ccccc3)c3ccc4c(c3)C3(c5ccccc5-4)c4ccccc4N(c4ccccc4)c4ccccc43)c2)cc1. The highest BCUT2D eigenvalue weighted by molar-refractivity contribution is 5.97. The van der Waals surface area contributed by atoms with Crippen molar-refractivity contribution in [3.63, 3.8) is 0 Å². The van der Waals surface area contributed by atoms with Crippen LogP contribution in [0, 0.1) is 0 Å². The summed E-state index contributed by atoms with van der Waals surface area (Å²) < 4.78 is 0. The summed E-state index contributed by atoms with van der Waals surface area (Å²) in [5, 5.41) is 0. The van der Waals surface area contributed by atoms with Crippen molar-refractivity contribution < 1.29 is 0 Å². The quantitative estimate of drug-likeness (QED) is 0.168. The molecule has 0 amide bonds. The van der Waals surface area contributed by atoms with Gasteiger partial charge in [-0.25, -0.2) is 0 Å². The molecule has 268 valence electrons. The first-order valence-electron chi connectivity index (χ1n) is 19.7. The van der Waals surface area contributed by atoms with E-state index >= 15 is 0 Å². The maximum atomic E-state index is 2.48. The molecule has 0 saturated heterocycles. The first-order chi connectivity index (χ1) is 28.3. The van der Waals surface area contributed by atoms with E-state index in [1.54, 1.807) is 0 Å². The zero-order valence-corrected chi connectivity index (χ0v) is 31.3. The molecule has 2 heteroatoms. The third-order valence-corrected chi connectivity index (χ3v) is 11.8. The maximum absolute atomic E-state index is 2.48. The van der Waals surface area contributed by atoms with Crippen LogP contribution in [0.4, 0.5) is 34.1 Å². The Morgan fingerprint density at radius 3 is 1.56 bits per heavy atom. The van der Waals surface area contributed by atoms with E-state index in [2.05, 4.69) is 240 Å². The Bertz CT molecular complexity index is 2870. The number of hydrogen-bond donors (Lipinski definition) is 0. The molecule has 1 heterocycles. The van der Waals surface area contributed by atoms with Crippen LogP contribution in [0.15, 0.2) is 231 Å². The van der Waals surface area contributed by atoms with Gasteiger partial charge in [0.15, 0.2) is 0 Å². The van der Waals surface area contributed by atoms with Gasteiger partial charge in [0.05, 0.1) is 22.5 Å². The first-order valence-corrected chi connectivity index (χ1v) is 19.7. The van der Waals surface area contributed by atoms with Crippen LogP contribution < -0.4 is 9.80 Å². The van der Waals surface area contributed by atoms with Crippen molar-refractivity contribution >= 4 is 34.1 Å². The fourth-order valence-corrected chi connectivity index (χ4v) is 9.50. The molecule has 0 unspecified atom stereocenters. The summed E-state index contributed by atoms with van der Waals surface area (Å²) in [6.07, 6.45) is 0. The number of nitrogens with zero attached hydrogens (tertiary/aromatic N) is 2. The van der Waals surface area contributed by atoms with Crippen molar-refractivity contribution in [2.75, 3.05) is 9.80 Å². The molecule has 9 aromatic rings. The molecule has 11 rings (SSSR count). The van der Waals surface area contributed by atoms with E-state index < -0.39 is 5.41 Å². The van der Waals surface area contributed by atoms with Gasteiger partial charge in [0, 0.05) is 22.6 Å². The van der Waals surface area contributed by atoms with Gasteiger partial charge in [-0.2, -0.15) is 0 Å². The fraction of sp³-hybridized carbons (Fsp3) is 0.0182. The van der Waals surface area contributed by atoms with E-state index in [-0.39, 0.29) is 0 Å². The molecule has 1 spiro atoms. The maximum Gasteiger partial charge on any atom is 0.0755 e. The zero-order valence-electron chi connectivity index (χ0n) is 31.3. The lowest BCUT2D eigenvalue weighted by molar-refractivity contribution is 0.752. The van der Waals surface area contributed by atoms with Gasteiger partial charge in [-0.3, -0.25) is 0 Å². The summed E-state index contributed by atoms with van der Waals surface area (Å²) in [5.41, 5.74) is 18.8. The van der Waals surface area contributed by atoms with Crippen LogP contribution in [0.3, 0.4) is 0 Å². The molecule has 0 aromatic heterocycles. The lowest BCUT2D eigenvalue weighted by atomic mass is 9.64. The van der Waals surface area contributed by atoms with Gasteiger partial charge in [0.25, 0.3) is 0 Å². The molecule has 0 bridgehead atoms. The van der Waals surface area contributed by atoms with Gasteiger partial charge in [0.1, 0.15) is 0 Å². The minimum atomic E-state index is -0.549. The van der Waals surface area contributed by atoms with Crippen LogP contribution in [-0.2, 0) is 5.41 Å². The van der Waals surface area contributed by atoms with Gasteiger partial charge in [0.2, 0.25) is 0 Å². The summed E-state index contributed by atoms with van der Waals surface area (Å²) in [4.78, 5) is 4.88. The number of para-hydroxylation sites is 5. The number of fused-ring (bicyclic) bond motifs is 9. The van der Waals surface area contributed by atoms with Gasteiger partial charge >= 0.3 is 0 Å². The van der Waals surface area contributed by atoms with Gasteiger partial charge in [-0.1, -0.05) is 170 Å². The Kier molecular flexibility index (Phi) is 7.75.